The lowest BCUT2D eigenvalue weighted by Gasteiger charge is -2.16. The highest BCUT2D eigenvalue weighted by Crippen LogP contribution is 2.22. The number of nitrogens with zero attached hydrogens (tertiary/aromatic N) is 1. The van der Waals surface area contributed by atoms with Crippen molar-refractivity contribution in [2.45, 2.75) is 32.0 Å². The molecule has 1 rings (SSSR count). The highest BCUT2D eigenvalue weighted by Gasteiger charge is 2.25. The fourth-order valence-corrected chi connectivity index (χ4v) is 1.68. The first-order chi connectivity index (χ1) is 7.97. The van der Waals surface area contributed by atoms with E-state index in [9.17, 15) is 13.2 Å². The van der Waals surface area contributed by atoms with Crippen LogP contribution in [0.1, 0.15) is 24.8 Å². The second kappa shape index (κ2) is 6.64. The van der Waals surface area contributed by atoms with Crippen LogP contribution in [0.4, 0.5) is 13.2 Å². The van der Waals surface area contributed by atoms with Crippen molar-refractivity contribution in [1.82, 2.24) is 4.90 Å². The summed E-state index contributed by atoms with van der Waals surface area (Å²) in [5.41, 5.74) is 1.19. The van der Waals surface area contributed by atoms with Gasteiger partial charge in [-0.15, -0.1) is 0 Å². The Balaban J connectivity index is 2.16. The summed E-state index contributed by atoms with van der Waals surface area (Å²) in [7, 11) is 1.93. The van der Waals surface area contributed by atoms with Crippen molar-refractivity contribution in [1.29, 1.82) is 0 Å². The van der Waals surface area contributed by atoms with E-state index in [4.69, 9.17) is 0 Å². The predicted octanol–water partition coefficient (Wildman–Crippen LogP) is 3.85. The van der Waals surface area contributed by atoms with Crippen LogP contribution in [0, 0.1) is 0 Å². The van der Waals surface area contributed by atoms with E-state index in [1.165, 1.54) is 5.56 Å². The number of hydrogen-bond acceptors (Lipinski definition) is 1. The minimum absolute atomic E-state index is 0.211. The number of rotatable bonds is 6. The molecule has 96 valence electrons. The van der Waals surface area contributed by atoms with E-state index in [0.717, 1.165) is 6.54 Å². The van der Waals surface area contributed by atoms with Gasteiger partial charge in [0, 0.05) is 13.0 Å². The highest BCUT2D eigenvalue weighted by atomic mass is 19.4. The van der Waals surface area contributed by atoms with Gasteiger partial charge in [0.25, 0.3) is 0 Å². The molecule has 0 aliphatic heterocycles. The van der Waals surface area contributed by atoms with Crippen molar-refractivity contribution in [3.8, 4) is 0 Å². The predicted molar refractivity (Wildman–Crippen MR) is 62.7 cm³/mol. The maximum atomic E-state index is 11.9. The van der Waals surface area contributed by atoms with Gasteiger partial charge >= 0.3 is 6.18 Å². The van der Waals surface area contributed by atoms with Gasteiger partial charge in [-0.3, -0.25) is 0 Å². The normalized spacial score (nSPS) is 12.1. The Hall–Kier alpha value is -1.03. The number of benzene rings is 1. The molecule has 0 amide bonds. The zero-order valence-corrected chi connectivity index (χ0v) is 10.0. The first kappa shape index (κ1) is 14.0. The molecule has 0 aliphatic carbocycles. The van der Waals surface area contributed by atoms with E-state index in [0.29, 0.717) is 13.0 Å². The Morgan fingerprint density at radius 3 is 2.29 bits per heavy atom. The molecule has 0 saturated carbocycles. The molecule has 1 nitrogen and oxygen atoms in total. The van der Waals surface area contributed by atoms with Gasteiger partial charge in [-0.05, 0) is 32.0 Å². The van der Waals surface area contributed by atoms with Gasteiger partial charge in [0.05, 0.1) is 0 Å². The lowest BCUT2D eigenvalue weighted by Crippen LogP contribution is -2.19. The molecular formula is C13H18F3N. The zero-order valence-electron chi connectivity index (χ0n) is 10.0. The quantitative estimate of drug-likeness (QED) is 0.688. The smallest absolute Gasteiger partial charge is 0.302 e. The second-order valence-corrected chi connectivity index (χ2v) is 4.30. The molecule has 0 atom stereocenters. The minimum Gasteiger partial charge on any atom is -0.302 e. The van der Waals surface area contributed by atoms with Crippen LogP contribution in [0.2, 0.25) is 0 Å². The van der Waals surface area contributed by atoms with Crippen molar-refractivity contribution in [3.05, 3.63) is 35.9 Å². The molecule has 0 spiro atoms. The maximum Gasteiger partial charge on any atom is 0.389 e. The summed E-state index contributed by atoms with van der Waals surface area (Å²) in [4.78, 5) is 2.05. The van der Waals surface area contributed by atoms with Crippen LogP contribution >= 0.6 is 0 Å². The van der Waals surface area contributed by atoms with Gasteiger partial charge in [-0.2, -0.15) is 13.2 Å². The van der Waals surface area contributed by atoms with Crippen LogP contribution in [-0.4, -0.2) is 24.7 Å². The van der Waals surface area contributed by atoms with Crippen LogP contribution in [0.3, 0.4) is 0 Å². The molecule has 0 N–H and O–H groups in total. The van der Waals surface area contributed by atoms with Crippen LogP contribution in [-0.2, 0) is 6.54 Å². The topological polar surface area (TPSA) is 3.24 Å². The molecule has 0 radical (unpaired) electrons. The van der Waals surface area contributed by atoms with E-state index >= 15 is 0 Å². The monoisotopic (exact) mass is 245 g/mol. The SMILES string of the molecule is CN(CCCCC(F)(F)F)Cc1ccccc1. The summed E-state index contributed by atoms with van der Waals surface area (Å²) in [6, 6.07) is 9.92. The molecular weight excluding hydrogens is 227 g/mol. The first-order valence-electron chi connectivity index (χ1n) is 5.76. The van der Waals surface area contributed by atoms with E-state index < -0.39 is 12.6 Å². The number of halogens is 3. The summed E-state index contributed by atoms with van der Waals surface area (Å²) < 4.78 is 35.7. The third kappa shape index (κ3) is 7.00. The van der Waals surface area contributed by atoms with Crippen molar-refractivity contribution in [2.75, 3.05) is 13.6 Å². The molecule has 0 saturated heterocycles. The van der Waals surface area contributed by atoms with Gasteiger partial charge in [0.2, 0.25) is 0 Å². The third-order valence-corrected chi connectivity index (χ3v) is 2.55. The summed E-state index contributed by atoms with van der Waals surface area (Å²) >= 11 is 0. The molecule has 1 aromatic carbocycles. The van der Waals surface area contributed by atoms with Gasteiger partial charge in [-0.25, -0.2) is 0 Å². The maximum absolute atomic E-state index is 11.9. The Bertz CT molecular complexity index is 308. The van der Waals surface area contributed by atoms with Crippen molar-refractivity contribution >= 4 is 0 Å². The average Bonchev–Trinajstić information content (AvgIpc) is 2.25. The van der Waals surface area contributed by atoms with Crippen LogP contribution in [0.15, 0.2) is 30.3 Å². The van der Waals surface area contributed by atoms with Gasteiger partial charge in [0.1, 0.15) is 0 Å². The Morgan fingerprint density at radius 1 is 1.06 bits per heavy atom. The molecule has 0 aromatic heterocycles. The number of unbranched alkanes of at least 4 members (excludes halogenated alkanes) is 1. The van der Waals surface area contributed by atoms with Gasteiger partial charge < -0.3 is 4.90 Å². The van der Waals surface area contributed by atoms with Crippen molar-refractivity contribution in [2.24, 2.45) is 0 Å². The molecule has 0 unspecified atom stereocenters. The Kier molecular flexibility index (Phi) is 5.48. The molecule has 4 heteroatoms. The molecule has 1 aromatic rings. The average molecular weight is 245 g/mol. The molecule has 0 bridgehead atoms. The van der Waals surface area contributed by atoms with Gasteiger partial charge in [-0.1, -0.05) is 30.3 Å². The minimum atomic E-state index is -4.02. The number of hydrogen-bond donors (Lipinski definition) is 0. The standard InChI is InChI=1S/C13H18F3N/c1-17(10-6-5-9-13(14,15)16)11-12-7-3-2-4-8-12/h2-4,7-8H,5-6,9-11H2,1H3. The van der Waals surface area contributed by atoms with Gasteiger partial charge in [0.15, 0.2) is 0 Å². The highest BCUT2D eigenvalue weighted by molar-refractivity contribution is 5.14. The fourth-order valence-electron chi connectivity index (χ4n) is 1.68. The van der Waals surface area contributed by atoms with Crippen LogP contribution in [0.5, 0.6) is 0 Å². The first-order valence-corrected chi connectivity index (χ1v) is 5.76. The zero-order chi connectivity index (χ0) is 12.7. The molecule has 0 aliphatic rings. The molecule has 0 heterocycles. The lowest BCUT2D eigenvalue weighted by atomic mass is 10.2. The van der Waals surface area contributed by atoms with Crippen molar-refractivity contribution < 1.29 is 13.2 Å². The largest absolute Gasteiger partial charge is 0.389 e. The van der Waals surface area contributed by atoms with E-state index in [-0.39, 0.29) is 6.42 Å². The summed E-state index contributed by atoms with van der Waals surface area (Å²) in [6.07, 6.45) is -3.89. The van der Waals surface area contributed by atoms with Crippen LogP contribution in [0.25, 0.3) is 0 Å². The Morgan fingerprint density at radius 2 is 1.71 bits per heavy atom. The van der Waals surface area contributed by atoms with E-state index in [1.54, 1.807) is 0 Å². The number of alkyl halides is 3. The van der Waals surface area contributed by atoms with E-state index in [1.807, 2.05) is 42.3 Å². The van der Waals surface area contributed by atoms with E-state index in [2.05, 4.69) is 0 Å². The summed E-state index contributed by atoms with van der Waals surface area (Å²) in [6.45, 7) is 1.48. The fraction of sp³-hybridized carbons (Fsp3) is 0.538. The third-order valence-electron chi connectivity index (χ3n) is 2.55. The summed E-state index contributed by atoms with van der Waals surface area (Å²) in [5.74, 6) is 0. The molecule has 17 heavy (non-hydrogen) atoms. The summed E-state index contributed by atoms with van der Waals surface area (Å²) in [5, 5.41) is 0. The Labute approximate surface area is 100 Å². The van der Waals surface area contributed by atoms with Crippen LogP contribution < -0.4 is 0 Å². The molecule has 0 fully saturated rings. The lowest BCUT2D eigenvalue weighted by molar-refractivity contribution is -0.135. The van der Waals surface area contributed by atoms with Crippen molar-refractivity contribution in [3.63, 3.8) is 0 Å². The second-order valence-electron chi connectivity index (χ2n) is 4.30.